The molecule has 2 aliphatic rings. The van der Waals surface area contributed by atoms with Crippen LogP contribution >= 0.6 is 15.9 Å². The molecule has 2 bridgehead atoms. The van der Waals surface area contributed by atoms with Crippen molar-refractivity contribution in [3.63, 3.8) is 0 Å². The van der Waals surface area contributed by atoms with Gasteiger partial charge in [0.15, 0.2) is 0 Å². The van der Waals surface area contributed by atoms with Crippen LogP contribution in [0.2, 0.25) is 0 Å². The molecule has 0 amide bonds. The van der Waals surface area contributed by atoms with Gasteiger partial charge in [-0.3, -0.25) is 0 Å². The fourth-order valence-corrected chi connectivity index (χ4v) is 2.59. The summed E-state index contributed by atoms with van der Waals surface area (Å²) in [4.78, 5) is 0. The van der Waals surface area contributed by atoms with E-state index in [1.54, 1.807) is 0 Å². The smallest absolute Gasteiger partial charge is 0.00580 e. The number of allylic oxidation sites excluding steroid dienone is 2. The summed E-state index contributed by atoms with van der Waals surface area (Å²) in [7, 11) is 0. The van der Waals surface area contributed by atoms with Crippen molar-refractivity contribution in [1.82, 2.24) is 0 Å². The highest BCUT2D eigenvalue weighted by molar-refractivity contribution is 9.11. The van der Waals surface area contributed by atoms with Crippen LogP contribution in [0.25, 0.3) is 0 Å². The summed E-state index contributed by atoms with van der Waals surface area (Å²) in [6, 6.07) is 0. The summed E-state index contributed by atoms with van der Waals surface area (Å²) in [6.07, 6.45) is 8.05. The number of halogens is 1. The predicted octanol–water partition coefficient (Wildman–Crippen LogP) is 3.09. The van der Waals surface area contributed by atoms with Crippen molar-refractivity contribution in [1.29, 1.82) is 0 Å². The summed E-state index contributed by atoms with van der Waals surface area (Å²) in [6.45, 7) is 0. The van der Waals surface area contributed by atoms with Crippen molar-refractivity contribution >= 4 is 15.9 Å². The van der Waals surface area contributed by atoms with Crippen LogP contribution in [0.5, 0.6) is 0 Å². The average Bonchev–Trinajstić information content (AvgIpc) is 2.25. The summed E-state index contributed by atoms with van der Waals surface area (Å²) in [5, 5.41) is 0. The molecule has 1 saturated carbocycles. The maximum atomic E-state index is 3.60. The van der Waals surface area contributed by atoms with E-state index >= 15 is 0 Å². The van der Waals surface area contributed by atoms with Gasteiger partial charge < -0.3 is 0 Å². The molecule has 0 unspecified atom stereocenters. The van der Waals surface area contributed by atoms with Gasteiger partial charge in [0, 0.05) is 0 Å². The van der Waals surface area contributed by atoms with E-state index in [0.717, 1.165) is 11.8 Å². The Balaban J connectivity index is 2.21. The Morgan fingerprint density at radius 1 is 1.44 bits per heavy atom. The van der Waals surface area contributed by atoms with Gasteiger partial charge >= 0.3 is 0 Å². The molecule has 1 fully saturated rings. The van der Waals surface area contributed by atoms with E-state index in [1.165, 1.54) is 30.2 Å². The second-order valence-corrected chi connectivity index (χ2v) is 4.12. The van der Waals surface area contributed by atoms with Crippen molar-refractivity contribution in [3.05, 3.63) is 10.6 Å². The first kappa shape index (κ1) is 5.96. The molecule has 50 valence electrons. The Bertz CT molecular complexity index is 149. The monoisotopic (exact) mass is 186 g/mol. The number of hydrogen-bond acceptors (Lipinski definition) is 0. The van der Waals surface area contributed by atoms with E-state index in [0.29, 0.717) is 0 Å². The maximum Gasteiger partial charge on any atom is -0.00580 e. The average molecular weight is 187 g/mol. The third-order valence-electron chi connectivity index (χ3n) is 2.58. The molecular formula is C8H11Br. The van der Waals surface area contributed by atoms with Crippen LogP contribution in [0.15, 0.2) is 10.6 Å². The first-order chi connectivity index (χ1) is 4.36. The van der Waals surface area contributed by atoms with Gasteiger partial charge in [0.2, 0.25) is 0 Å². The minimum Gasteiger partial charge on any atom is -0.0738 e. The van der Waals surface area contributed by atoms with Crippen molar-refractivity contribution < 1.29 is 0 Å². The minimum atomic E-state index is 0.906. The fourth-order valence-electron chi connectivity index (χ4n) is 1.99. The first-order valence-corrected chi connectivity index (χ1v) is 4.51. The molecule has 9 heavy (non-hydrogen) atoms. The zero-order valence-electron chi connectivity index (χ0n) is 5.44. The molecule has 0 saturated heterocycles. The van der Waals surface area contributed by atoms with E-state index in [4.69, 9.17) is 0 Å². The van der Waals surface area contributed by atoms with Gasteiger partial charge in [0.25, 0.3) is 0 Å². The third-order valence-corrected chi connectivity index (χ3v) is 3.55. The van der Waals surface area contributed by atoms with Crippen molar-refractivity contribution in [3.8, 4) is 0 Å². The van der Waals surface area contributed by atoms with Gasteiger partial charge in [-0.25, -0.2) is 0 Å². The second kappa shape index (κ2) is 2.12. The highest BCUT2D eigenvalue weighted by Gasteiger charge is 2.28. The predicted molar refractivity (Wildman–Crippen MR) is 42.5 cm³/mol. The topological polar surface area (TPSA) is 0 Å². The molecule has 0 heterocycles. The molecule has 1 heteroatoms. The summed E-state index contributed by atoms with van der Waals surface area (Å²) >= 11 is 3.60. The third kappa shape index (κ3) is 0.958. The number of rotatable bonds is 0. The normalized spacial score (nSPS) is 40.8. The molecule has 2 atom stereocenters. The number of fused-ring (bicyclic) bond motifs is 2. The van der Waals surface area contributed by atoms with E-state index in [-0.39, 0.29) is 0 Å². The lowest BCUT2D eigenvalue weighted by molar-refractivity contribution is 0.516. The standard InChI is InChI=1S/C8H11Br/c9-8-4-2-6-1-3-7(8)5-6/h4,6-7H,1-3,5H2/t6-,7+/m1/s1. The van der Waals surface area contributed by atoms with Crippen LogP contribution in [0.1, 0.15) is 25.7 Å². The molecule has 0 aromatic rings. The Hall–Kier alpha value is 0.220. The van der Waals surface area contributed by atoms with Gasteiger partial charge in [-0.1, -0.05) is 22.0 Å². The second-order valence-electron chi connectivity index (χ2n) is 3.20. The van der Waals surface area contributed by atoms with Gasteiger partial charge in [-0.2, -0.15) is 0 Å². The lowest BCUT2D eigenvalue weighted by Crippen LogP contribution is -2.01. The van der Waals surface area contributed by atoms with Crippen molar-refractivity contribution in [2.24, 2.45) is 11.8 Å². The molecule has 0 spiro atoms. The number of hydrogen-bond donors (Lipinski definition) is 0. The first-order valence-electron chi connectivity index (χ1n) is 3.72. The summed E-state index contributed by atoms with van der Waals surface area (Å²) in [5.74, 6) is 1.94. The van der Waals surface area contributed by atoms with Crippen LogP contribution in [-0.2, 0) is 0 Å². The highest BCUT2D eigenvalue weighted by atomic mass is 79.9. The molecule has 0 radical (unpaired) electrons. The van der Waals surface area contributed by atoms with Gasteiger partial charge in [-0.05, 0) is 42.0 Å². The Morgan fingerprint density at radius 3 is 3.11 bits per heavy atom. The fraction of sp³-hybridized carbons (Fsp3) is 0.750. The maximum absolute atomic E-state index is 3.60. The van der Waals surface area contributed by atoms with Crippen LogP contribution < -0.4 is 0 Å². The molecule has 0 nitrogen and oxygen atoms in total. The van der Waals surface area contributed by atoms with Gasteiger partial charge in [-0.15, -0.1) is 0 Å². The van der Waals surface area contributed by atoms with E-state index in [2.05, 4.69) is 22.0 Å². The molecule has 0 aromatic carbocycles. The zero-order chi connectivity index (χ0) is 6.27. The van der Waals surface area contributed by atoms with Gasteiger partial charge in [0.1, 0.15) is 0 Å². The molecule has 2 rings (SSSR count). The van der Waals surface area contributed by atoms with Crippen LogP contribution in [0.3, 0.4) is 0 Å². The molecule has 2 aliphatic carbocycles. The van der Waals surface area contributed by atoms with Crippen LogP contribution in [-0.4, -0.2) is 0 Å². The lowest BCUT2D eigenvalue weighted by Gasteiger charge is -2.15. The van der Waals surface area contributed by atoms with Crippen LogP contribution in [0, 0.1) is 11.8 Å². The molecule has 0 N–H and O–H groups in total. The lowest BCUT2D eigenvalue weighted by atomic mass is 9.96. The zero-order valence-corrected chi connectivity index (χ0v) is 7.02. The highest BCUT2D eigenvalue weighted by Crippen LogP contribution is 2.43. The SMILES string of the molecule is BrC1=CC[C@H]2CC[C@H]1C2. The molecule has 0 aromatic heterocycles. The largest absolute Gasteiger partial charge is 0.0738 e. The summed E-state index contributed by atoms with van der Waals surface area (Å²) < 4.78 is 1.48. The Kier molecular flexibility index (Phi) is 1.40. The molecule has 0 aliphatic heterocycles. The minimum absolute atomic E-state index is 0.906. The Morgan fingerprint density at radius 2 is 2.33 bits per heavy atom. The van der Waals surface area contributed by atoms with E-state index in [1.807, 2.05) is 0 Å². The Labute approximate surface area is 64.5 Å². The van der Waals surface area contributed by atoms with Crippen molar-refractivity contribution in [2.45, 2.75) is 25.7 Å². The van der Waals surface area contributed by atoms with Crippen molar-refractivity contribution in [2.75, 3.05) is 0 Å². The van der Waals surface area contributed by atoms with E-state index in [9.17, 15) is 0 Å². The van der Waals surface area contributed by atoms with Crippen LogP contribution in [0.4, 0.5) is 0 Å². The van der Waals surface area contributed by atoms with Gasteiger partial charge in [0.05, 0.1) is 0 Å². The summed E-state index contributed by atoms with van der Waals surface area (Å²) in [5.41, 5.74) is 0. The van der Waals surface area contributed by atoms with E-state index < -0.39 is 0 Å². The molecular weight excluding hydrogens is 176 g/mol. The quantitative estimate of drug-likeness (QED) is 0.546.